The smallest absolute Gasteiger partial charge is 0.265 e. The lowest BCUT2D eigenvalue weighted by molar-refractivity contribution is -0.122. The van der Waals surface area contributed by atoms with E-state index in [2.05, 4.69) is 5.32 Å². The van der Waals surface area contributed by atoms with Crippen LogP contribution in [0.2, 0.25) is 10.0 Å². The van der Waals surface area contributed by atoms with Gasteiger partial charge in [-0.2, -0.15) is 0 Å². The van der Waals surface area contributed by atoms with Crippen LogP contribution in [0.5, 0.6) is 5.75 Å². The lowest BCUT2D eigenvalue weighted by atomic mass is 10.1. The van der Waals surface area contributed by atoms with Gasteiger partial charge in [0.2, 0.25) is 0 Å². The monoisotopic (exact) mass is 351 g/mol. The van der Waals surface area contributed by atoms with E-state index in [0.717, 1.165) is 5.56 Å². The summed E-state index contributed by atoms with van der Waals surface area (Å²) in [4.78, 5) is 12.4. The topological polar surface area (TPSA) is 38.3 Å². The normalized spacial score (nSPS) is 11.9. The highest BCUT2D eigenvalue weighted by molar-refractivity contribution is 6.44. The van der Waals surface area contributed by atoms with Crippen molar-refractivity contribution in [2.45, 2.75) is 33.3 Å². The second kappa shape index (κ2) is 7.71. The number of amides is 1. The lowest BCUT2D eigenvalue weighted by Gasteiger charge is -2.18. The zero-order valence-electron chi connectivity index (χ0n) is 13.3. The van der Waals surface area contributed by atoms with Crippen LogP contribution in [0, 0.1) is 13.8 Å². The van der Waals surface area contributed by atoms with Gasteiger partial charge >= 0.3 is 0 Å². The molecule has 0 bridgehead atoms. The van der Waals surface area contributed by atoms with Gasteiger partial charge in [0.05, 0.1) is 15.7 Å². The Morgan fingerprint density at radius 3 is 2.57 bits per heavy atom. The first kappa shape index (κ1) is 17.6. The molecule has 0 aliphatic carbocycles. The van der Waals surface area contributed by atoms with E-state index in [1.165, 1.54) is 5.56 Å². The van der Waals surface area contributed by atoms with Crippen molar-refractivity contribution in [3.8, 4) is 5.75 Å². The molecule has 5 heteroatoms. The van der Waals surface area contributed by atoms with Crippen LogP contribution in [0.15, 0.2) is 36.4 Å². The maximum Gasteiger partial charge on any atom is 0.265 e. The molecular weight excluding hydrogens is 333 g/mol. The number of aryl methyl sites for hydroxylation is 2. The number of halogens is 2. The first-order chi connectivity index (χ1) is 10.9. The van der Waals surface area contributed by atoms with E-state index in [4.69, 9.17) is 27.9 Å². The molecule has 0 spiro atoms. The molecule has 122 valence electrons. The minimum absolute atomic E-state index is 0.255. The minimum atomic E-state index is -0.604. The Hall–Kier alpha value is -1.71. The Morgan fingerprint density at radius 2 is 1.91 bits per heavy atom. The molecule has 0 saturated carbocycles. The summed E-state index contributed by atoms with van der Waals surface area (Å²) in [5, 5.41) is 3.49. The predicted octanol–water partition coefficient (Wildman–Crippen LogP) is 5.41. The van der Waals surface area contributed by atoms with Crippen molar-refractivity contribution in [1.82, 2.24) is 0 Å². The standard InChI is InChI=1S/C18H19Cl2NO2/c1-4-16(23-13-9-8-11(2)12(3)10-13)18(22)21-15-7-5-6-14(19)17(15)20/h5-10,16H,4H2,1-3H3,(H,21,22)/t16-/m0/s1. The molecule has 2 aromatic rings. The van der Waals surface area contributed by atoms with Gasteiger partial charge in [-0.3, -0.25) is 4.79 Å². The van der Waals surface area contributed by atoms with Gasteiger partial charge in [-0.15, -0.1) is 0 Å². The zero-order chi connectivity index (χ0) is 17.0. The van der Waals surface area contributed by atoms with Crippen molar-refractivity contribution < 1.29 is 9.53 Å². The van der Waals surface area contributed by atoms with E-state index < -0.39 is 6.10 Å². The molecule has 0 aliphatic rings. The SMILES string of the molecule is CC[C@H](Oc1ccc(C)c(C)c1)C(=O)Nc1cccc(Cl)c1Cl. The molecule has 3 nitrogen and oxygen atoms in total. The van der Waals surface area contributed by atoms with Crippen LogP contribution in [0.1, 0.15) is 24.5 Å². The van der Waals surface area contributed by atoms with Gasteiger partial charge < -0.3 is 10.1 Å². The molecule has 0 heterocycles. The van der Waals surface area contributed by atoms with E-state index in [9.17, 15) is 4.79 Å². The number of hydrogen-bond donors (Lipinski definition) is 1. The molecule has 1 amide bonds. The number of hydrogen-bond acceptors (Lipinski definition) is 2. The third kappa shape index (κ3) is 4.40. The lowest BCUT2D eigenvalue weighted by Crippen LogP contribution is -2.32. The van der Waals surface area contributed by atoms with Gasteiger partial charge in [-0.05, 0) is 55.7 Å². The van der Waals surface area contributed by atoms with Crippen LogP contribution in [0.25, 0.3) is 0 Å². The average molecular weight is 352 g/mol. The summed E-state index contributed by atoms with van der Waals surface area (Å²) in [5.74, 6) is 0.419. The Labute approximate surface area is 146 Å². The Balaban J connectivity index is 2.12. The van der Waals surface area contributed by atoms with Gasteiger partial charge in [0.1, 0.15) is 5.75 Å². The predicted molar refractivity (Wildman–Crippen MR) is 95.7 cm³/mol. The number of ether oxygens (including phenoxy) is 1. The first-order valence-electron chi connectivity index (χ1n) is 7.41. The molecule has 0 fully saturated rings. The molecule has 1 N–H and O–H groups in total. The summed E-state index contributed by atoms with van der Waals surface area (Å²) < 4.78 is 5.82. The third-order valence-electron chi connectivity index (χ3n) is 3.63. The molecule has 23 heavy (non-hydrogen) atoms. The highest BCUT2D eigenvalue weighted by Crippen LogP contribution is 2.30. The van der Waals surface area contributed by atoms with E-state index in [0.29, 0.717) is 27.9 Å². The van der Waals surface area contributed by atoms with Crippen LogP contribution in [-0.4, -0.2) is 12.0 Å². The minimum Gasteiger partial charge on any atom is -0.481 e. The molecule has 0 saturated heterocycles. The van der Waals surface area contributed by atoms with Crippen LogP contribution < -0.4 is 10.1 Å². The van der Waals surface area contributed by atoms with E-state index in [1.54, 1.807) is 18.2 Å². The number of carbonyl (C=O) groups is 1. The van der Waals surface area contributed by atoms with Crippen molar-refractivity contribution >= 4 is 34.8 Å². The third-order valence-corrected chi connectivity index (χ3v) is 4.45. The van der Waals surface area contributed by atoms with Gasteiger partial charge in [-0.25, -0.2) is 0 Å². The molecule has 0 unspecified atom stereocenters. The summed E-state index contributed by atoms with van der Waals surface area (Å²) in [6.45, 7) is 5.93. The van der Waals surface area contributed by atoms with Crippen molar-refractivity contribution in [2.75, 3.05) is 5.32 Å². The Kier molecular flexibility index (Phi) is 5.91. The quantitative estimate of drug-likeness (QED) is 0.782. The highest BCUT2D eigenvalue weighted by atomic mass is 35.5. The van der Waals surface area contributed by atoms with Crippen LogP contribution in [0.3, 0.4) is 0 Å². The van der Waals surface area contributed by atoms with Gasteiger partial charge in [-0.1, -0.05) is 42.3 Å². The van der Waals surface area contributed by atoms with E-state index >= 15 is 0 Å². The first-order valence-corrected chi connectivity index (χ1v) is 8.16. The number of rotatable bonds is 5. The summed E-state index contributed by atoms with van der Waals surface area (Å²) in [5.41, 5.74) is 2.78. The van der Waals surface area contributed by atoms with Gasteiger partial charge in [0.15, 0.2) is 6.10 Å². The molecule has 0 aliphatic heterocycles. The van der Waals surface area contributed by atoms with Gasteiger partial charge in [0.25, 0.3) is 5.91 Å². The number of nitrogens with one attached hydrogen (secondary N) is 1. The second-order valence-corrected chi connectivity index (χ2v) is 6.14. The number of carbonyl (C=O) groups excluding carboxylic acids is 1. The molecular formula is C18H19Cl2NO2. The summed E-state index contributed by atoms with van der Waals surface area (Å²) in [6, 6.07) is 10.9. The molecule has 1 atom stereocenters. The zero-order valence-corrected chi connectivity index (χ0v) is 14.8. The molecule has 0 radical (unpaired) electrons. The van der Waals surface area contributed by atoms with Crippen LogP contribution >= 0.6 is 23.2 Å². The Bertz CT molecular complexity index is 716. The summed E-state index contributed by atoms with van der Waals surface area (Å²) >= 11 is 12.1. The maximum atomic E-state index is 12.4. The number of benzene rings is 2. The van der Waals surface area contributed by atoms with Crippen molar-refractivity contribution in [1.29, 1.82) is 0 Å². The van der Waals surface area contributed by atoms with Crippen molar-refractivity contribution in [3.63, 3.8) is 0 Å². The molecule has 0 aromatic heterocycles. The van der Waals surface area contributed by atoms with E-state index in [1.807, 2.05) is 39.0 Å². The van der Waals surface area contributed by atoms with Gasteiger partial charge in [0, 0.05) is 0 Å². The largest absolute Gasteiger partial charge is 0.481 e. The second-order valence-electron chi connectivity index (χ2n) is 5.35. The van der Waals surface area contributed by atoms with Crippen LogP contribution in [-0.2, 0) is 4.79 Å². The fourth-order valence-electron chi connectivity index (χ4n) is 2.09. The summed E-state index contributed by atoms with van der Waals surface area (Å²) in [7, 11) is 0. The highest BCUT2D eigenvalue weighted by Gasteiger charge is 2.20. The average Bonchev–Trinajstić information content (AvgIpc) is 2.52. The fraction of sp³-hybridized carbons (Fsp3) is 0.278. The van der Waals surface area contributed by atoms with Crippen molar-refractivity contribution in [2.24, 2.45) is 0 Å². The maximum absolute atomic E-state index is 12.4. The Morgan fingerprint density at radius 1 is 1.17 bits per heavy atom. The fourth-order valence-corrected chi connectivity index (χ4v) is 2.44. The summed E-state index contributed by atoms with van der Waals surface area (Å²) in [6.07, 6.45) is -0.0659. The molecule has 2 aromatic carbocycles. The van der Waals surface area contributed by atoms with Crippen LogP contribution in [0.4, 0.5) is 5.69 Å². The van der Waals surface area contributed by atoms with E-state index in [-0.39, 0.29) is 5.91 Å². The van der Waals surface area contributed by atoms with Crippen molar-refractivity contribution in [3.05, 3.63) is 57.6 Å². The number of anilines is 1. The molecule has 2 rings (SSSR count).